The fourth-order valence-corrected chi connectivity index (χ4v) is 4.60. The lowest BCUT2D eigenvalue weighted by Crippen LogP contribution is -2.32. The molecule has 0 bridgehead atoms. The van der Waals surface area contributed by atoms with Crippen molar-refractivity contribution in [3.8, 4) is 0 Å². The van der Waals surface area contributed by atoms with Gasteiger partial charge in [0.15, 0.2) is 5.82 Å². The van der Waals surface area contributed by atoms with Crippen LogP contribution in [0.15, 0.2) is 51.8 Å². The SMILES string of the molecule is Cc1cc(Nc2cccc(C3CCN(Cc4ccc5c(c4)n(C)c(=O)n5C)CC3)n2)no1. The van der Waals surface area contributed by atoms with E-state index in [-0.39, 0.29) is 5.69 Å². The molecule has 1 aromatic carbocycles. The zero-order valence-electron chi connectivity index (χ0n) is 18.7. The van der Waals surface area contributed by atoms with Crippen LogP contribution in [0.4, 0.5) is 11.6 Å². The summed E-state index contributed by atoms with van der Waals surface area (Å²) in [5.74, 6) is 2.68. The van der Waals surface area contributed by atoms with E-state index in [0.29, 0.717) is 11.7 Å². The third kappa shape index (κ3) is 3.93. The maximum absolute atomic E-state index is 12.2. The van der Waals surface area contributed by atoms with Gasteiger partial charge in [-0.05, 0) is 62.7 Å². The summed E-state index contributed by atoms with van der Waals surface area (Å²) in [6, 6.07) is 14.3. The highest BCUT2D eigenvalue weighted by Crippen LogP contribution is 2.29. The predicted octanol–water partition coefficient (Wildman–Crippen LogP) is 3.69. The summed E-state index contributed by atoms with van der Waals surface area (Å²) in [7, 11) is 3.65. The number of benzene rings is 1. The van der Waals surface area contributed by atoms with Crippen molar-refractivity contribution in [3.05, 3.63) is 70.0 Å². The Labute approximate surface area is 186 Å². The van der Waals surface area contributed by atoms with E-state index in [4.69, 9.17) is 9.51 Å². The topological polar surface area (TPSA) is 81.1 Å². The Morgan fingerprint density at radius 3 is 2.56 bits per heavy atom. The summed E-state index contributed by atoms with van der Waals surface area (Å²) in [5.41, 5.74) is 4.34. The first-order valence-electron chi connectivity index (χ1n) is 11.0. The first-order valence-corrected chi connectivity index (χ1v) is 11.0. The van der Waals surface area contributed by atoms with Crippen LogP contribution >= 0.6 is 0 Å². The molecule has 4 heterocycles. The van der Waals surface area contributed by atoms with Gasteiger partial charge in [-0.3, -0.25) is 14.0 Å². The molecule has 166 valence electrons. The summed E-state index contributed by atoms with van der Waals surface area (Å²) >= 11 is 0. The van der Waals surface area contributed by atoms with Gasteiger partial charge in [0.1, 0.15) is 11.6 Å². The average molecular weight is 433 g/mol. The molecule has 0 amide bonds. The van der Waals surface area contributed by atoms with E-state index in [1.54, 1.807) is 9.13 Å². The number of hydrogen-bond acceptors (Lipinski definition) is 6. The van der Waals surface area contributed by atoms with Crippen LogP contribution in [0.2, 0.25) is 0 Å². The van der Waals surface area contributed by atoms with Crippen LogP contribution in [-0.2, 0) is 20.6 Å². The zero-order chi connectivity index (χ0) is 22.2. The van der Waals surface area contributed by atoms with Crippen molar-refractivity contribution in [2.24, 2.45) is 14.1 Å². The first kappa shape index (κ1) is 20.5. The van der Waals surface area contributed by atoms with Crippen LogP contribution < -0.4 is 11.0 Å². The second kappa shape index (κ2) is 8.27. The minimum atomic E-state index is 0.0147. The lowest BCUT2D eigenvalue weighted by molar-refractivity contribution is 0.203. The molecule has 8 heteroatoms. The molecule has 1 N–H and O–H groups in total. The Morgan fingerprint density at radius 1 is 1.03 bits per heavy atom. The molecule has 1 saturated heterocycles. The molecule has 0 aliphatic carbocycles. The highest BCUT2D eigenvalue weighted by atomic mass is 16.5. The Kier molecular flexibility index (Phi) is 5.30. The van der Waals surface area contributed by atoms with Crippen LogP contribution in [0, 0.1) is 6.92 Å². The van der Waals surface area contributed by atoms with Gasteiger partial charge in [-0.1, -0.05) is 17.3 Å². The van der Waals surface area contributed by atoms with Crippen LogP contribution in [0.25, 0.3) is 11.0 Å². The quantitative estimate of drug-likeness (QED) is 0.518. The predicted molar refractivity (Wildman–Crippen MR) is 124 cm³/mol. The molecule has 4 aromatic rings. The Bertz CT molecular complexity index is 1310. The van der Waals surface area contributed by atoms with E-state index in [2.05, 4.69) is 39.6 Å². The minimum absolute atomic E-state index is 0.0147. The maximum Gasteiger partial charge on any atom is 0.328 e. The molecule has 1 fully saturated rings. The van der Waals surface area contributed by atoms with Crippen LogP contribution in [-0.4, -0.2) is 37.3 Å². The van der Waals surface area contributed by atoms with Gasteiger partial charge in [-0.25, -0.2) is 9.78 Å². The van der Waals surface area contributed by atoms with Gasteiger partial charge in [0.2, 0.25) is 0 Å². The van der Waals surface area contributed by atoms with E-state index in [9.17, 15) is 4.79 Å². The second-order valence-corrected chi connectivity index (χ2v) is 8.67. The standard InChI is InChI=1S/C24H28N6O2/c1-16-13-23(27-32-16)26-22-6-4-5-19(25-22)18-9-11-30(12-10-18)15-17-7-8-20-21(14-17)29(3)24(31)28(20)2/h4-8,13-14,18H,9-12,15H2,1-3H3,(H,25,26,27). The molecule has 0 spiro atoms. The van der Waals surface area contributed by atoms with Gasteiger partial charge >= 0.3 is 5.69 Å². The molecule has 0 unspecified atom stereocenters. The molecule has 3 aromatic heterocycles. The normalized spacial score (nSPS) is 15.5. The number of piperidine rings is 1. The van der Waals surface area contributed by atoms with Gasteiger partial charge in [0, 0.05) is 38.3 Å². The lowest BCUT2D eigenvalue weighted by Gasteiger charge is -2.31. The van der Waals surface area contributed by atoms with E-state index < -0.39 is 0 Å². The van der Waals surface area contributed by atoms with Crippen molar-refractivity contribution in [2.45, 2.75) is 32.2 Å². The highest BCUT2D eigenvalue weighted by Gasteiger charge is 2.22. The number of aryl methyl sites for hydroxylation is 3. The minimum Gasteiger partial charge on any atom is -0.360 e. The summed E-state index contributed by atoms with van der Waals surface area (Å²) in [5, 5.41) is 7.20. The largest absolute Gasteiger partial charge is 0.360 e. The van der Waals surface area contributed by atoms with Crippen molar-refractivity contribution < 1.29 is 4.52 Å². The van der Waals surface area contributed by atoms with Crippen LogP contribution in [0.5, 0.6) is 0 Å². The van der Waals surface area contributed by atoms with Crippen molar-refractivity contribution >= 4 is 22.7 Å². The third-order valence-corrected chi connectivity index (χ3v) is 6.40. The zero-order valence-corrected chi connectivity index (χ0v) is 18.7. The number of imidazole rings is 1. The van der Waals surface area contributed by atoms with Crippen LogP contribution in [0.3, 0.4) is 0 Å². The number of rotatable bonds is 5. The van der Waals surface area contributed by atoms with Gasteiger partial charge < -0.3 is 9.84 Å². The highest BCUT2D eigenvalue weighted by molar-refractivity contribution is 5.76. The number of aromatic nitrogens is 4. The smallest absolute Gasteiger partial charge is 0.328 e. The average Bonchev–Trinajstić information content (AvgIpc) is 3.30. The van der Waals surface area contributed by atoms with E-state index in [0.717, 1.165) is 60.8 Å². The molecule has 8 nitrogen and oxygen atoms in total. The molecule has 32 heavy (non-hydrogen) atoms. The molecular formula is C24H28N6O2. The fraction of sp³-hybridized carbons (Fsp3) is 0.375. The van der Waals surface area contributed by atoms with Gasteiger partial charge in [0.05, 0.1) is 11.0 Å². The summed E-state index contributed by atoms with van der Waals surface area (Å²) in [4.78, 5) is 19.5. The number of hydrogen-bond donors (Lipinski definition) is 1. The first-order chi connectivity index (χ1) is 15.5. The van der Waals surface area contributed by atoms with Crippen molar-refractivity contribution in [1.29, 1.82) is 0 Å². The molecule has 0 saturated carbocycles. The maximum atomic E-state index is 12.2. The molecular weight excluding hydrogens is 404 g/mol. The van der Waals surface area contributed by atoms with E-state index >= 15 is 0 Å². The number of fused-ring (bicyclic) bond motifs is 1. The number of likely N-dealkylation sites (tertiary alicyclic amines) is 1. The Hall–Kier alpha value is -3.39. The number of nitrogens with one attached hydrogen (secondary N) is 1. The second-order valence-electron chi connectivity index (χ2n) is 8.67. The van der Waals surface area contributed by atoms with Gasteiger partial charge in [0.25, 0.3) is 0 Å². The summed E-state index contributed by atoms with van der Waals surface area (Å²) in [6.45, 7) is 4.82. The van der Waals surface area contributed by atoms with E-state index in [1.807, 2.05) is 39.2 Å². The Morgan fingerprint density at radius 2 is 1.81 bits per heavy atom. The van der Waals surface area contributed by atoms with Crippen LogP contribution in [0.1, 0.15) is 35.8 Å². The number of nitrogens with zero attached hydrogens (tertiary/aromatic N) is 5. The molecule has 1 aliphatic rings. The number of pyridine rings is 1. The summed E-state index contributed by atoms with van der Waals surface area (Å²) < 4.78 is 8.54. The molecule has 5 rings (SSSR count). The molecule has 1 aliphatic heterocycles. The summed E-state index contributed by atoms with van der Waals surface area (Å²) in [6.07, 6.45) is 2.15. The molecule has 0 radical (unpaired) electrons. The molecule has 0 atom stereocenters. The van der Waals surface area contributed by atoms with Crippen molar-refractivity contribution in [1.82, 2.24) is 24.2 Å². The Balaban J connectivity index is 1.23. The lowest BCUT2D eigenvalue weighted by atomic mass is 9.92. The monoisotopic (exact) mass is 432 g/mol. The third-order valence-electron chi connectivity index (χ3n) is 6.40. The van der Waals surface area contributed by atoms with E-state index in [1.165, 1.54) is 5.56 Å². The van der Waals surface area contributed by atoms with Crippen molar-refractivity contribution in [2.75, 3.05) is 18.4 Å². The number of anilines is 2. The van der Waals surface area contributed by atoms with Gasteiger partial charge in [-0.2, -0.15) is 0 Å². The fourth-order valence-electron chi connectivity index (χ4n) is 4.60. The van der Waals surface area contributed by atoms with Gasteiger partial charge in [-0.15, -0.1) is 0 Å². The van der Waals surface area contributed by atoms with Crippen molar-refractivity contribution in [3.63, 3.8) is 0 Å².